The largest absolute Gasteiger partial charge is 0.413 e. The molecule has 2 aromatic rings. The number of ether oxygens (including phenoxy) is 2. The maximum atomic E-state index is 13.4. The first-order chi connectivity index (χ1) is 20.0. The number of benzene rings is 2. The van der Waals surface area contributed by atoms with Gasteiger partial charge >= 0.3 is 12.2 Å². The lowest BCUT2D eigenvalue weighted by Crippen LogP contribution is -2.60. The molecule has 0 atom stereocenters. The number of amides is 2. The first kappa shape index (κ1) is 30.9. The van der Waals surface area contributed by atoms with E-state index in [-0.39, 0.29) is 0 Å². The van der Waals surface area contributed by atoms with Crippen molar-refractivity contribution in [3.05, 3.63) is 59.7 Å². The fourth-order valence-electron chi connectivity index (χ4n) is 6.83. The Balaban J connectivity index is 1.49. The molecule has 0 bridgehead atoms. The highest BCUT2D eigenvalue weighted by molar-refractivity contribution is 5.73. The van der Waals surface area contributed by atoms with E-state index in [4.69, 9.17) is 9.47 Å². The Kier molecular flexibility index (Phi) is 11.5. The molecule has 6 nitrogen and oxygen atoms in total. The van der Waals surface area contributed by atoms with E-state index in [1.807, 2.05) is 48.5 Å². The highest BCUT2D eigenvalue weighted by atomic mass is 16.6. The summed E-state index contributed by atoms with van der Waals surface area (Å²) < 4.78 is 11.9. The summed E-state index contributed by atoms with van der Waals surface area (Å²) in [5.41, 5.74) is 1.29. The minimum Gasteiger partial charge on any atom is -0.410 e. The van der Waals surface area contributed by atoms with E-state index in [9.17, 15) is 9.59 Å². The summed E-state index contributed by atoms with van der Waals surface area (Å²) in [5.74, 6) is 1.28. The lowest BCUT2D eigenvalue weighted by molar-refractivity contribution is 0.107. The summed E-state index contributed by atoms with van der Waals surface area (Å²) in [4.78, 5) is 26.8. The third-order valence-electron chi connectivity index (χ3n) is 8.98. The van der Waals surface area contributed by atoms with E-state index >= 15 is 0 Å². The Labute approximate surface area is 247 Å². The van der Waals surface area contributed by atoms with Crippen molar-refractivity contribution in [3.63, 3.8) is 0 Å². The van der Waals surface area contributed by atoms with Gasteiger partial charge in [0, 0.05) is 11.1 Å². The highest BCUT2D eigenvalue weighted by Crippen LogP contribution is 2.41. The summed E-state index contributed by atoms with van der Waals surface area (Å²) >= 11 is 0. The normalized spacial score (nSPS) is 17.8. The van der Waals surface area contributed by atoms with E-state index in [1.165, 1.54) is 0 Å². The van der Waals surface area contributed by atoms with E-state index in [2.05, 4.69) is 24.5 Å². The standard InChI is InChI=1S/C35H50N2O4/c1-3-5-17-28-19-9-11-21-30(28)40-32(38)36-34(23-13-7-14-24-34)27-35(25-15-8-16-26-35)37-33(39)41-31-22-12-10-20-29(31)18-6-4-2/h9-12,19-22H,3-8,13-18,23-27H2,1-2H3,(H,36,38)(H,37,39). The van der Waals surface area contributed by atoms with Gasteiger partial charge in [0.05, 0.1) is 0 Å². The fraction of sp³-hybridized carbons (Fsp3) is 0.600. The second-order valence-electron chi connectivity index (χ2n) is 12.3. The van der Waals surface area contributed by atoms with Crippen LogP contribution in [0.4, 0.5) is 9.59 Å². The van der Waals surface area contributed by atoms with Crippen molar-refractivity contribution in [1.29, 1.82) is 0 Å². The number of aryl methyl sites for hydroxylation is 2. The molecule has 0 spiro atoms. The highest BCUT2D eigenvalue weighted by Gasteiger charge is 2.45. The number of carbonyl (C=O) groups excluding carboxylic acids is 2. The summed E-state index contributed by atoms with van der Waals surface area (Å²) in [6, 6.07) is 15.7. The SMILES string of the molecule is CCCCc1ccccc1OC(=O)NC1(CC2(NC(=O)Oc3ccccc3CCCC)CCCCC2)CCCCC1. The molecule has 2 aliphatic rings. The fourth-order valence-corrected chi connectivity index (χ4v) is 6.83. The molecule has 6 heteroatoms. The second kappa shape index (κ2) is 15.3. The zero-order valence-electron chi connectivity index (χ0n) is 25.3. The molecule has 41 heavy (non-hydrogen) atoms. The molecule has 0 heterocycles. The molecule has 0 radical (unpaired) electrons. The number of nitrogens with one attached hydrogen (secondary N) is 2. The molecule has 0 saturated heterocycles. The number of unbranched alkanes of at least 4 members (excludes halogenated alkanes) is 2. The molecule has 224 valence electrons. The number of rotatable bonds is 12. The van der Waals surface area contributed by atoms with Gasteiger partial charge in [-0.3, -0.25) is 0 Å². The molecule has 4 rings (SSSR count). The Morgan fingerprint density at radius 1 is 0.634 bits per heavy atom. The van der Waals surface area contributed by atoms with Crippen LogP contribution >= 0.6 is 0 Å². The number of carbonyl (C=O) groups is 2. The van der Waals surface area contributed by atoms with Crippen molar-refractivity contribution < 1.29 is 19.1 Å². The van der Waals surface area contributed by atoms with E-state index in [0.29, 0.717) is 17.9 Å². The topological polar surface area (TPSA) is 76.7 Å². The molecular weight excluding hydrogens is 512 g/mol. The molecular formula is C35H50N2O4. The maximum Gasteiger partial charge on any atom is 0.413 e. The molecule has 0 unspecified atom stereocenters. The molecule has 2 fully saturated rings. The molecule has 2 aliphatic carbocycles. The van der Waals surface area contributed by atoms with Gasteiger partial charge in [-0.2, -0.15) is 0 Å². The molecule has 0 aromatic heterocycles. The Morgan fingerprint density at radius 3 is 1.41 bits per heavy atom. The monoisotopic (exact) mass is 562 g/mol. The van der Waals surface area contributed by atoms with Gasteiger partial charge in [0.15, 0.2) is 0 Å². The lowest BCUT2D eigenvalue weighted by atomic mass is 9.68. The maximum absolute atomic E-state index is 13.4. The van der Waals surface area contributed by atoms with E-state index in [1.54, 1.807) is 0 Å². The van der Waals surface area contributed by atoms with Crippen molar-refractivity contribution in [2.75, 3.05) is 0 Å². The Morgan fingerprint density at radius 2 is 1.02 bits per heavy atom. The van der Waals surface area contributed by atoms with Crippen LogP contribution < -0.4 is 20.1 Å². The predicted molar refractivity (Wildman–Crippen MR) is 165 cm³/mol. The van der Waals surface area contributed by atoms with Gasteiger partial charge in [-0.1, -0.05) is 102 Å². The third-order valence-corrected chi connectivity index (χ3v) is 8.98. The zero-order chi connectivity index (χ0) is 29.0. The first-order valence-corrected chi connectivity index (χ1v) is 16.1. The lowest BCUT2D eigenvalue weighted by Gasteiger charge is -2.47. The van der Waals surface area contributed by atoms with Crippen LogP contribution in [-0.2, 0) is 12.8 Å². The van der Waals surface area contributed by atoms with Crippen molar-refractivity contribution >= 4 is 12.2 Å². The van der Waals surface area contributed by atoms with Crippen molar-refractivity contribution in [2.24, 2.45) is 0 Å². The van der Waals surface area contributed by atoms with Gasteiger partial charge in [0.2, 0.25) is 0 Å². The van der Waals surface area contributed by atoms with Crippen molar-refractivity contribution in [1.82, 2.24) is 10.6 Å². The predicted octanol–water partition coefficient (Wildman–Crippen LogP) is 9.04. The third kappa shape index (κ3) is 8.98. The summed E-state index contributed by atoms with van der Waals surface area (Å²) in [6.07, 6.45) is 16.1. The van der Waals surface area contributed by atoms with Gasteiger partial charge < -0.3 is 20.1 Å². The van der Waals surface area contributed by atoms with Crippen LogP contribution in [0.3, 0.4) is 0 Å². The van der Waals surface area contributed by atoms with Crippen LogP contribution in [0.2, 0.25) is 0 Å². The summed E-state index contributed by atoms with van der Waals surface area (Å²) in [7, 11) is 0. The Hall–Kier alpha value is -3.02. The van der Waals surface area contributed by atoms with Crippen LogP contribution in [0.25, 0.3) is 0 Å². The molecule has 0 aliphatic heterocycles. The van der Waals surface area contributed by atoms with Crippen LogP contribution in [0.1, 0.15) is 121 Å². The number of para-hydroxylation sites is 2. The minimum absolute atomic E-state index is 0.394. The molecule has 2 amide bonds. The molecule has 2 saturated carbocycles. The zero-order valence-corrected chi connectivity index (χ0v) is 25.3. The smallest absolute Gasteiger partial charge is 0.410 e. The van der Waals surface area contributed by atoms with Gasteiger partial charge in [-0.25, -0.2) is 9.59 Å². The quantitative estimate of drug-likeness (QED) is 0.271. The van der Waals surface area contributed by atoms with Gasteiger partial charge in [-0.05, 0) is 81.0 Å². The first-order valence-electron chi connectivity index (χ1n) is 16.1. The minimum atomic E-state index is -0.419. The van der Waals surface area contributed by atoms with Crippen LogP contribution in [0.15, 0.2) is 48.5 Å². The Bertz CT molecular complexity index is 1030. The van der Waals surface area contributed by atoms with Crippen molar-refractivity contribution in [2.45, 2.75) is 134 Å². The van der Waals surface area contributed by atoms with E-state index < -0.39 is 23.3 Å². The van der Waals surface area contributed by atoms with Crippen LogP contribution in [0.5, 0.6) is 11.5 Å². The number of hydrogen-bond donors (Lipinski definition) is 2. The van der Waals surface area contributed by atoms with Crippen LogP contribution in [-0.4, -0.2) is 23.3 Å². The van der Waals surface area contributed by atoms with Crippen LogP contribution in [0, 0.1) is 0 Å². The average Bonchev–Trinajstić information content (AvgIpc) is 2.97. The van der Waals surface area contributed by atoms with Gasteiger partial charge in [-0.15, -0.1) is 0 Å². The molecule has 2 N–H and O–H groups in total. The van der Waals surface area contributed by atoms with E-state index in [0.717, 1.165) is 114 Å². The molecule has 2 aromatic carbocycles. The second-order valence-corrected chi connectivity index (χ2v) is 12.3. The summed E-state index contributed by atoms with van der Waals surface area (Å²) in [6.45, 7) is 4.33. The van der Waals surface area contributed by atoms with Gasteiger partial charge in [0.1, 0.15) is 11.5 Å². The number of hydrogen-bond acceptors (Lipinski definition) is 4. The van der Waals surface area contributed by atoms with Crippen molar-refractivity contribution in [3.8, 4) is 11.5 Å². The average molecular weight is 563 g/mol. The van der Waals surface area contributed by atoms with Gasteiger partial charge in [0.25, 0.3) is 0 Å². The summed E-state index contributed by atoms with van der Waals surface area (Å²) in [5, 5.41) is 6.68.